The van der Waals surface area contributed by atoms with Gasteiger partial charge in [0.05, 0.1) is 0 Å². The summed E-state index contributed by atoms with van der Waals surface area (Å²) in [6.45, 7) is 2.05. The van der Waals surface area contributed by atoms with Crippen LogP contribution in [0.5, 0.6) is 0 Å². The topological polar surface area (TPSA) is 17.1 Å². The predicted octanol–water partition coefficient (Wildman–Crippen LogP) is 5.64. The highest BCUT2D eigenvalue weighted by molar-refractivity contribution is 9.10. The molecule has 2 heteroatoms. The first-order valence-electron chi connectivity index (χ1n) is 7.20. The Morgan fingerprint density at radius 1 is 0.727 bits per heavy atom. The maximum Gasteiger partial charge on any atom is 0.194 e. The summed E-state index contributed by atoms with van der Waals surface area (Å²) in [5, 5.41) is 0. The van der Waals surface area contributed by atoms with Crippen LogP contribution in [-0.4, -0.2) is 5.78 Å². The number of hydrogen-bond acceptors (Lipinski definition) is 1. The van der Waals surface area contributed by atoms with E-state index in [0.29, 0.717) is 0 Å². The molecule has 3 aromatic rings. The van der Waals surface area contributed by atoms with Crippen molar-refractivity contribution in [2.24, 2.45) is 0 Å². The van der Waals surface area contributed by atoms with Gasteiger partial charge in [-0.3, -0.25) is 4.79 Å². The summed E-state index contributed by atoms with van der Waals surface area (Å²) in [5.74, 6) is 0.114. The molecule has 22 heavy (non-hydrogen) atoms. The lowest BCUT2D eigenvalue weighted by atomic mass is 9.99. The fraction of sp³-hybridized carbons (Fsp3) is 0.0500. The first-order valence-corrected chi connectivity index (χ1v) is 7.99. The van der Waals surface area contributed by atoms with Gasteiger partial charge in [-0.2, -0.15) is 0 Å². The Bertz CT molecular complexity index is 910. The molecule has 0 saturated carbocycles. The number of rotatable bonds is 1. The van der Waals surface area contributed by atoms with E-state index < -0.39 is 0 Å². The average molecular weight is 349 g/mol. The number of benzene rings is 3. The summed E-state index contributed by atoms with van der Waals surface area (Å²) in [4.78, 5) is 12.7. The van der Waals surface area contributed by atoms with Crippen molar-refractivity contribution >= 4 is 21.7 Å². The first-order chi connectivity index (χ1) is 10.6. The Morgan fingerprint density at radius 2 is 1.45 bits per heavy atom. The molecule has 0 heterocycles. The number of carbonyl (C=O) groups is 1. The van der Waals surface area contributed by atoms with Gasteiger partial charge in [-0.1, -0.05) is 58.4 Å². The van der Waals surface area contributed by atoms with Gasteiger partial charge in [-0.25, -0.2) is 0 Å². The van der Waals surface area contributed by atoms with Gasteiger partial charge in [0.25, 0.3) is 0 Å². The van der Waals surface area contributed by atoms with Gasteiger partial charge < -0.3 is 0 Å². The molecule has 0 unspecified atom stereocenters. The molecule has 0 N–H and O–H groups in total. The van der Waals surface area contributed by atoms with Crippen molar-refractivity contribution in [3.05, 3.63) is 81.8 Å². The Hall–Kier alpha value is -2.19. The molecule has 1 nitrogen and oxygen atoms in total. The molecule has 0 amide bonds. The van der Waals surface area contributed by atoms with E-state index in [1.807, 2.05) is 37.3 Å². The van der Waals surface area contributed by atoms with E-state index in [0.717, 1.165) is 43.4 Å². The minimum absolute atomic E-state index is 0.114. The van der Waals surface area contributed by atoms with Crippen molar-refractivity contribution in [3.63, 3.8) is 0 Å². The molecule has 106 valence electrons. The van der Waals surface area contributed by atoms with E-state index in [2.05, 4.69) is 46.3 Å². The minimum Gasteiger partial charge on any atom is -0.289 e. The normalized spacial score (nSPS) is 12.2. The van der Waals surface area contributed by atoms with Crippen LogP contribution in [0.25, 0.3) is 22.3 Å². The number of ketones is 1. The van der Waals surface area contributed by atoms with Gasteiger partial charge in [0, 0.05) is 15.6 Å². The third-order valence-corrected chi connectivity index (χ3v) is 5.06. The van der Waals surface area contributed by atoms with E-state index >= 15 is 0 Å². The fourth-order valence-electron chi connectivity index (χ4n) is 3.01. The van der Waals surface area contributed by atoms with Crippen LogP contribution in [0.15, 0.2) is 65.1 Å². The number of carbonyl (C=O) groups excluding carboxylic acids is 1. The molecule has 1 aliphatic carbocycles. The van der Waals surface area contributed by atoms with Crippen molar-refractivity contribution in [1.29, 1.82) is 0 Å². The zero-order chi connectivity index (χ0) is 15.3. The van der Waals surface area contributed by atoms with Gasteiger partial charge in [0.1, 0.15) is 0 Å². The molecule has 0 radical (unpaired) electrons. The zero-order valence-electron chi connectivity index (χ0n) is 12.1. The lowest BCUT2D eigenvalue weighted by molar-refractivity contribution is 0.104. The van der Waals surface area contributed by atoms with Gasteiger partial charge in [-0.15, -0.1) is 0 Å². The SMILES string of the molecule is Cc1cc2c(cc1Br)C(=O)c1cc(-c3ccccc3)ccc1-2. The molecule has 0 bridgehead atoms. The second-order valence-electron chi connectivity index (χ2n) is 5.60. The van der Waals surface area contributed by atoms with Crippen molar-refractivity contribution in [1.82, 2.24) is 0 Å². The highest BCUT2D eigenvalue weighted by Crippen LogP contribution is 2.40. The molecule has 3 aromatic carbocycles. The Morgan fingerprint density at radius 3 is 2.23 bits per heavy atom. The average Bonchev–Trinajstić information content (AvgIpc) is 2.81. The maximum absolute atomic E-state index is 12.7. The number of halogens is 1. The molecule has 0 fully saturated rings. The fourth-order valence-corrected chi connectivity index (χ4v) is 3.36. The van der Waals surface area contributed by atoms with E-state index in [1.54, 1.807) is 0 Å². The van der Waals surface area contributed by atoms with E-state index in [4.69, 9.17) is 0 Å². The Balaban J connectivity index is 1.91. The first kappa shape index (κ1) is 13.5. The molecule has 0 aromatic heterocycles. The van der Waals surface area contributed by atoms with Gasteiger partial charge in [-0.05, 0) is 52.9 Å². The summed E-state index contributed by atoms with van der Waals surface area (Å²) in [6, 6.07) is 20.3. The van der Waals surface area contributed by atoms with Crippen LogP contribution in [0.3, 0.4) is 0 Å². The molecular formula is C20H13BrO. The number of hydrogen-bond donors (Lipinski definition) is 0. The van der Waals surface area contributed by atoms with Crippen LogP contribution in [0, 0.1) is 6.92 Å². The van der Waals surface area contributed by atoms with Crippen molar-refractivity contribution in [2.75, 3.05) is 0 Å². The third-order valence-electron chi connectivity index (χ3n) is 4.20. The van der Waals surface area contributed by atoms with Crippen molar-refractivity contribution in [3.8, 4) is 22.3 Å². The van der Waals surface area contributed by atoms with Gasteiger partial charge >= 0.3 is 0 Å². The standard InChI is InChI=1S/C20H13BrO/c1-12-9-16-15-8-7-14(13-5-3-2-4-6-13)10-17(15)20(22)18(16)11-19(12)21/h2-11H,1H3. The zero-order valence-corrected chi connectivity index (χ0v) is 13.6. The van der Waals surface area contributed by atoms with Crippen molar-refractivity contribution < 1.29 is 4.79 Å². The highest BCUT2D eigenvalue weighted by atomic mass is 79.9. The van der Waals surface area contributed by atoms with Crippen LogP contribution in [0.4, 0.5) is 0 Å². The Kier molecular flexibility index (Phi) is 3.02. The largest absolute Gasteiger partial charge is 0.289 e. The monoisotopic (exact) mass is 348 g/mol. The van der Waals surface area contributed by atoms with Crippen LogP contribution < -0.4 is 0 Å². The molecule has 1 aliphatic rings. The minimum atomic E-state index is 0.114. The molecule has 0 atom stereocenters. The quantitative estimate of drug-likeness (QED) is 0.435. The summed E-state index contributed by atoms with van der Waals surface area (Å²) in [7, 11) is 0. The molecule has 0 aliphatic heterocycles. The Labute approximate surface area is 137 Å². The summed E-state index contributed by atoms with van der Waals surface area (Å²) >= 11 is 3.52. The lowest BCUT2D eigenvalue weighted by Gasteiger charge is -2.05. The summed E-state index contributed by atoms with van der Waals surface area (Å²) in [5.41, 5.74) is 7.02. The molecule has 0 saturated heterocycles. The van der Waals surface area contributed by atoms with Crippen LogP contribution in [-0.2, 0) is 0 Å². The second-order valence-corrected chi connectivity index (χ2v) is 6.46. The molecule has 4 rings (SSSR count). The molecule has 0 spiro atoms. The summed E-state index contributed by atoms with van der Waals surface area (Å²) in [6.07, 6.45) is 0. The van der Waals surface area contributed by atoms with Gasteiger partial charge in [0.15, 0.2) is 5.78 Å². The van der Waals surface area contributed by atoms with Crippen LogP contribution in [0.2, 0.25) is 0 Å². The maximum atomic E-state index is 12.7. The molecular weight excluding hydrogens is 336 g/mol. The van der Waals surface area contributed by atoms with Crippen LogP contribution >= 0.6 is 15.9 Å². The van der Waals surface area contributed by atoms with Crippen molar-refractivity contribution in [2.45, 2.75) is 6.92 Å². The lowest BCUT2D eigenvalue weighted by Crippen LogP contribution is -1.95. The number of aryl methyl sites for hydroxylation is 1. The van der Waals surface area contributed by atoms with E-state index in [1.165, 1.54) is 0 Å². The second kappa shape index (κ2) is 4.92. The van der Waals surface area contributed by atoms with E-state index in [9.17, 15) is 4.79 Å². The predicted molar refractivity (Wildman–Crippen MR) is 93.2 cm³/mol. The highest BCUT2D eigenvalue weighted by Gasteiger charge is 2.27. The smallest absolute Gasteiger partial charge is 0.194 e. The number of fused-ring (bicyclic) bond motifs is 3. The van der Waals surface area contributed by atoms with Gasteiger partial charge in [0.2, 0.25) is 0 Å². The van der Waals surface area contributed by atoms with Crippen LogP contribution in [0.1, 0.15) is 21.5 Å². The third kappa shape index (κ3) is 1.95. The summed E-state index contributed by atoms with van der Waals surface area (Å²) < 4.78 is 0.982. The van der Waals surface area contributed by atoms with E-state index in [-0.39, 0.29) is 5.78 Å².